The van der Waals surface area contributed by atoms with E-state index >= 15 is 0 Å². The zero-order valence-corrected chi connectivity index (χ0v) is 16.7. The average Bonchev–Trinajstić information content (AvgIpc) is 2.62. The van der Waals surface area contributed by atoms with E-state index in [-0.39, 0.29) is 17.9 Å². The molecule has 0 bridgehead atoms. The van der Waals surface area contributed by atoms with Gasteiger partial charge in [-0.25, -0.2) is 9.18 Å². The highest BCUT2D eigenvalue weighted by Crippen LogP contribution is 2.26. The van der Waals surface area contributed by atoms with Crippen LogP contribution in [0.4, 0.5) is 14.9 Å². The van der Waals surface area contributed by atoms with Crippen LogP contribution in [0.2, 0.25) is 10.0 Å². The predicted octanol–water partition coefficient (Wildman–Crippen LogP) is 5.06. The van der Waals surface area contributed by atoms with Crippen LogP contribution in [-0.4, -0.2) is 36.7 Å². The first-order valence-electron chi connectivity index (χ1n) is 8.94. The molecule has 0 radical (unpaired) electrons. The van der Waals surface area contributed by atoms with E-state index in [2.05, 4.69) is 17.7 Å². The highest BCUT2D eigenvalue weighted by atomic mass is 35.5. The Bertz CT molecular complexity index is 805. The number of piperidine rings is 1. The molecule has 1 aliphatic rings. The van der Waals surface area contributed by atoms with Gasteiger partial charge in [-0.3, -0.25) is 0 Å². The van der Waals surface area contributed by atoms with Crippen LogP contribution in [0.25, 0.3) is 0 Å². The van der Waals surface area contributed by atoms with Crippen molar-refractivity contribution in [3.8, 4) is 0 Å². The zero-order valence-electron chi connectivity index (χ0n) is 15.1. The first kappa shape index (κ1) is 19.9. The summed E-state index contributed by atoms with van der Waals surface area (Å²) in [4.78, 5) is 12.1. The van der Waals surface area contributed by atoms with Gasteiger partial charge in [0.1, 0.15) is 12.4 Å². The number of amides is 2. The SMILES string of the molecule is C[N+]1(Cc2ccc(Cl)c(Cl)c2)CCC(NC(=O)Nc2ccc(F)cc2)CC1. The summed E-state index contributed by atoms with van der Waals surface area (Å²) in [6, 6.07) is 11.4. The van der Waals surface area contributed by atoms with Gasteiger partial charge < -0.3 is 15.1 Å². The fourth-order valence-electron chi connectivity index (χ4n) is 3.46. The van der Waals surface area contributed by atoms with Crippen molar-refractivity contribution in [2.75, 3.05) is 25.5 Å². The fourth-order valence-corrected chi connectivity index (χ4v) is 3.78. The van der Waals surface area contributed by atoms with Gasteiger partial charge >= 0.3 is 6.03 Å². The number of benzene rings is 2. The third-order valence-corrected chi connectivity index (χ3v) is 5.76. The fraction of sp³-hybridized carbons (Fsp3) is 0.350. The monoisotopic (exact) mass is 410 g/mol. The molecule has 0 saturated carbocycles. The molecule has 0 aliphatic carbocycles. The van der Waals surface area contributed by atoms with Crippen molar-refractivity contribution in [3.63, 3.8) is 0 Å². The minimum atomic E-state index is -0.327. The zero-order chi connectivity index (χ0) is 19.4. The largest absolute Gasteiger partial charge is 0.335 e. The van der Waals surface area contributed by atoms with Crippen LogP contribution in [0, 0.1) is 5.82 Å². The van der Waals surface area contributed by atoms with Crippen molar-refractivity contribution in [1.29, 1.82) is 0 Å². The molecule has 2 aromatic rings. The maximum Gasteiger partial charge on any atom is 0.319 e. The molecule has 0 aromatic heterocycles. The molecule has 7 heteroatoms. The number of rotatable bonds is 4. The molecule has 2 N–H and O–H groups in total. The van der Waals surface area contributed by atoms with E-state index in [0.717, 1.165) is 42.5 Å². The molecule has 0 atom stereocenters. The Kier molecular flexibility index (Phi) is 6.25. The maximum absolute atomic E-state index is 12.9. The lowest BCUT2D eigenvalue weighted by atomic mass is 10.0. The summed E-state index contributed by atoms with van der Waals surface area (Å²) < 4.78 is 13.8. The lowest BCUT2D eigenvalue weighted by Gasteiger charge is -2.40. The van der Waals surface area contributed by atoms with Gasteiger partial charge in [0.15, 0.2) is 0 Å². The molecular weight excluding hydrogens is 388 g/mol. The standard InChI is InChI=1S/C20H22Cl2FN3O/c1-26(13-14-2-7-18(21)19(22)12-14)10-8-17(9-11-26)25-20(27)24-16-5-3-15(23)4-6-16/h2-7,12,17H,8-11,13H2,1H3,(H-,24,25,27)/p+1. The summed E-state index contributed by atoms with van der Waals surface area (Å²) in [5.74, 6) is -0.327. The minimum absolute atomic E-state index is 0.130. The van der Waals surface area contributed by atoms with E-state index in [1.54, 1.807) is 12.1 Å². The third kappa shape index (κ3) is 5.58. The van der Waals surface area contributed by atoms with Crippen LogP contribution in [0.3, 0.4) is 0 Å². The van der Waals surface area contributed by atoms with Crippen LogP contribution < -0.4 is 10.6 Å². The number of quaternary nitrogens is 1. The summed E-state index contributed by atoms with van der Waals surface area (Å²) in [6.07, 6.45) is 1.79. The van der Waals surface area contributed by atoms with Crippen molar-refractivity contribution in [2.45, 2.75) is 25.4 Å². The molecule has 1 fully saturated rings. The van der Waals surface area contributed by atoms with Crippen LogP contribution in [0.1, 0.15) is 18.4 Å². The lowest BCUT2D eigenvalue weighted by Crippen LogP contribution is -2.54. The number of hydrogen-bond donors (Lipinski definition) is 2. The highest BCUT2D eigenvalue weighted by molar-refractivity contribution is 6.42. The number of halogens is 3. The smallest absolute Gasteiger partial charge is 0.319 e. The first-order valence-corrected chi connectivity index (χ1v) is 9.69. The molecule has 4 nitrogen and oxygen atoms in total. The maximum atomic E-state index is 12.9. The van der Waals surface area contributed by atoms with E-state index in [1.807, 2.05) is 18.2 Å². The molecule has 1 saturated heterocycles. The second-order valence-electron chi connectivity index (χ2n) is 7.35. The van der Waals surface area contributed by atoms with Gasteiger partial charge in [-0.2, -0.15) is 0 Å². The third-order valence-electron chi connectivity index (χ3n) is 5.02. The predicted molar refractivity (Wildman–Crippen MR) is 108 cm³/mol. The molecule has 3 rings (SSSR count). The van der Waals surface area contributed by atoms with Crippen LogP contribution >= 0.6 is 23.2 Å². The Morgan fingerprint density at radius 3 is 2.41 bits per heavy atom. The number of carbonyl (C=O) groups is 1. The molecule has 2 amide bonds. The molecule has 1 aliphatic heterocycles. The van der Waals surface area contributed by atoms with E-state index in [4.69, 9.17) is 23.2 Å². The summed E-state index contributed by atoms with van der Waals surface area (Å²) in [5.41, 5.74) is 1.73. The Morgan fingerprint density at radius 1 is 1.11 bits per heavy atom. The second kappa shape index (κ2) is 8.46. The van der Waals surface area contributed by atoms with E-state index in [0.29, 0.717) is 15.7 Å². The summed E-state index contributed by atoms with van der Waals surface area (Å²) in [5, 5.41) is 6.89. The number of urea groups is 1. The van der Waals surface area contributed by atoms with Crippen molar-refractivity contribution in [1.82, 2.24) is 5.32 Å². The van der Waals surface area contributed by atoms with Gasteiger partial charge in [0.2, 0.25) is 0 Å². The lowest BCUT2D eigenvalue weighted by molar-refractivity contribution is -0.927. The van der Waals surface area contributed by atoms with Crippen LogP contribution in [-0.2, 0) is 6.54 Å². The Morgan fingerprint density at radius 2 is 1.78 bits per heavy atom. The summed E-state index contributed by atoms with van der Waals surface area (Å²) in [6.45, 7) is 2.80. The molecule has 27 heavy (non-hydrogen) atoms. The number of likely N-dealkylation sites (tertiary alicyclic amines) is 1. The quantitative estimate of drug-likeness (QED) is 0.679. The second-order valence-corrected chi connectivity index (χ2v) is 8.17. The van der Waals surface area contributed by atoms with E-state index < -0.39 is 0 Å². The van der Waals surface area contributed by atoms with Crippen LogP contribution in [0.5, 0.6) is 0 Å². The first-order chi connectivity index (χ1) is 12.8. The summed E-state index contributed by atoms with van der Waals surface area (Å²) in [7, 11) is 2.22. The minimum Gasteiger partial charge on any atom is -0.335 e. The highest BCUT2D eigenvalue weighted by Gasteiger charge is 2.31. The molecular formula is C20H23Cl2FN3O+. The Balaban J connectivity index is 1.49. The van der Waals surface area contributed by atoms with Gasteiger partial charge in [0, 0.05) is 30.1 Å². The van der Waals surface area contributed by atoms with Crippen molar-refractivity contribution >= 4 is 34.9 Å². The van der Waals surface area contributed by atoms with Crippen molar-refractivity contribution in [2.24, 2.45) is 0 Å². The average molecular weight is 411 g/mol. The number of anilines is 1. The molecule has 0 spiro atoms. The van der Waals surface area contributed by atoms with Gasteiger partial charge in [0.05, 0.1) is 30.2 Å². The van der Waals surface area contributed by atoms with Crippen molar-refractivity contribution < 1.29 is 13.7 Å². The van der Waals surface area contributed by atoms with Gasteiger partial charge in [-0.05, 0) is 36.4 Å². The number of nitrogens with zero attached hydrogens (tertiary/aromatic N) is 1. The van der Waals surface area contributed by atoms with Crippen LogP contribution in [0.15, 0.2) is 42.5 Å². The van der Waals surface area contributed by atoms with E-state index in [9.17, 15) is 9.18 Å². The topological polar surface area (TPSA) is 41.1 Å². The Hall–Kier alpha value is -1.82. The van der Waals surface area contributed by atoms with E-state index in [1.165, 1.54) is 12.1 Å². The Labute approximate surface area is 168 Å². The normalized spacial score (nSPS) is 22.3. The number of hydrogen-bond acceptors (Lipinski definition) is 1. The van der Waals surface area contributed by atoms with Gasteiger partial charge in [0.25, 0.3) is 0 Å². The summed E-state index contributed by atoms with van der Waals surface area (Å²) >= 11 is 12.1. The molecule has 0 unspecified atom stereocenters. The molecule has 1 heterocycles. The van der Waals surface area contributed by atoms with Gasteiger partial charge in [-0.1, -0.05) is 29.3 Å². The number of carbonyl (C=O) groups excluding carboxylic acids is 1. The van der Waals surface area contributed by atoms with Gasteiger partial charge in [-0.15, -0.1) is 0 Å². The molecule has 144 valence electrons. The van der Waals surface area contributed by atoms with Crippen molar-refractivity contribution in [3.05, 3.63) is 63.9 Å². The molecule has 2 aromatic carbocycles. The number of nitrogens with one attached hydrogen (secondary N) is 2.